The molecular formula is C28H32N8O. The van der Waals surface area contributed by atoms with Crippen molar-refractivity contribution in [3.8, 4) is 11.3 Å². The highest BCUT2D eigenvalue weighted by atomic mass is 16.2. The van der Waals surface area contributed by atoms with Gasteiger partial charge in [0.1, 0.15) is 12.1 Å². The molecule has 6 rings (SSSR count). The number of amides is 1. The van der Waals surface area contributed by atoms with E-state index in [0.29, 0.717) is 23.7 Å². The summed E-state index contributed by atoms with van der Waals surface area (Å²) in [7, 11) is 0. The number of carbonyl (C=O) groups is 1. The quantitative estimate of drug-likeness (QED) is 0.392. The van der Waals surface area contributed by atoms with Crippen LogP contribution in [0.25, 0.3) is 22.3 Å². The first kappa shape index (κ1) is 23.5. The first-order valence-corrected chi connectivity index (χ1v) is 13.1. The SMILES string of the molecule is CC(C)c1cc(-c2ccc3nc(Nc4cc(CN5CCN(C(=O)C6CC6)CC5)ccn4)[nH]c3c2)ncn1. The molecule has 2 aliphatic rings. The predicted octanol–water partition coefficient (Wildman–Crippen LogP) is 4.34. The van der Waals surface area contributed by atoms with Crippen LogP contribution in [0.15, 0.2) is 48.9 Å². The Balaban J connectivity index is 1.12. The Morgan fingerprint density at radius 1 is 1.05 bits per heavy atom. The molecule has 37 heavy (non-hydrogen) atoms. The van der Waals surface area contributed by atoms with Crippen LogP contribution >= 0.6 is 0 Å². The fraction of sp³-hybridized carbons (Fsp3) is 0.393. The second kappa shape index (κ2) is 9.89. The third-order valence-electron chi connectivity index (χ3n) is 7.14. The van der Waals surface area contributed by atoms with Crippen molar-refractivity contribution >= 4 is 28.7 Å². The van der Waals surface area contributed by atoms with Crippen molar-refractivity contribution in [2.45, 2.75) is 39.2 Å². The van der Waals surface area contributed by atoms with Gasteiger partial charge in [0, 0.05) is 56.1 Å². The number of aromatic nitrogens is 5. The Hall–Kier alpha value is -3.85. The lowest BCUT2D eigenvalue weighted by atomic mass is 10.1. The van der Waals surface area contributed by atoms with Gasteiger partial charge in [-0.15, -0.1) is 0 Å². The molecule has 1 saturated carbocycles. The van der Waals surface area contributed by atoms with Crippen LogP contribution in [0.1, 0.15) is 43.9 Å². The number of H-pyrrole nitrogens is 1. The zero-order valence-electron chi connectivity index (χ0n) is 21.3. The molecule has 0 spiro atoms. The summed E-state index contributed by atoms with van der Waals surface area (Å²) in [4.78, 5) is 38.1. The lowest BCUT2D eigenvalue weighted by Gasteiger charge is -2.34. The topological polar surface area (TPSA) is 103 Å². The van der Waals surface area contributed by atoms with Crippen LogP contribution in [0.2, 0.25) is 0 Å². The third-order valence-corrected chi connectivity index (χ3v) is 7.14. The number of imidazole rings is 1. The highest BCUT2D eigenvalue weighted by Gasteiger charge is 2.34. The van der Waals surface area contributed by atoms with E-state index in [0.717, 1.165) is 79.4 Å². The minimum absolute atomic E-state index is 0.301. The lowest BCUT2D eigenvalue weighted by Crippen LogP contribution is -2.48. The summed E-state index contributed by atoms with van der Waals surface area (Å²) >= 11 is 0. The number of anilines is 2. The third kappa shape index (κ3) is 5.32. The van der Waals surface area contributed by atoms with Gasteiger partial charge in [-0.3, -0.25) is 9.69 Å². The molecule has 1 aliphatic heterocycles. The maximum absolute atomic E-state index is 12.3. The maximum atomic E-state index is 12.3. The summed E-state index contributed by atoms with van der Waals surface area (Å²) in [5.74, 6) is 2.39. The van der Waals surface area contributed by atoms with E-state index < -0.39 is 0 Å². The zero-order valence-corrected chi connectivity index (χ0v) is 21.3. The smallest absolute Gasteiger partial charge is 0.225 e. The first-order chi connectivity index (χ1) is 18.0. The Kier molecular flexibility index (Phi) is 6.30. The van der Waals surface area contributed by atoms with Gasteiger partial charge < -0.3 is 15.2 Å². The fourth-order valence-electron chi connectivity index (χ4n) is 4.81. The number of hydrogen-bond acceptors (Lipinski definition) is 7. The van der Waals surface area contributed by atoms with E-state index >= 15 is 0 Å². The Morgan fingerprint density at radius 3 is 2.68 bits per heavy atom. The molecule has 1 amide bonds. The first-order valence-electron chi connectivity index (χ1n) is 13.1. The molecule has 0 unspecified atom stereocenters. The molecule has 190 valence electrons. The van der Waals surface area contributed by atoms with Crippen molar-refractivity contribution < 1.29 is 4.79 Å². The van der Waals surface area contributed by atoms with E-state index in [1.54, 1.807) is 6.33 Å². The molecule has 1 aliphatic carbocycles. The van der Waals surface area contributed by atoms with E-state index in [2.05, 4.69) is 56.1 Å². The van der Waals surface area contributed by atoms with Crippen LogP contribution < -0.4 is 5.32 Å². The summed E-state index contributed by atoms with van der Waals surface area (Å²) in [5.41, 5.74) is 5.93. The second-order valence-corrected chi connectivity index (χ2v) is 10.4. The van der Waals surface area contributed by atoms with Crippen LogP contribution in [0.4, 0.5) is 11.8 Å². The minimum Gasteiger partial charge on any atom is -0.340 e. The van der Waals surface area contributed by atoms with Crippen molar-refractivity contribution in [2.24, 2.45) is 5.92 Å². The highest BCUT2D eigenvalue weighted by molar-refractivity contribution is 5.83. The number of hydrogen-bond donors (Lipinski definition) is 2. The van der Waals surface area contributed by atoms with E-state index in [9.17, 15) is 4.79 Å². The Labute approximate surface area is 216 Å². The summed E-state index contributed by atoms with van der Waals surface area (Å²) in [6.07, 6.45) is 5.59. The molecule has 1 aromatic carbocycles. The fourth-order valence-corrected chi connectivity index (χ4v) is 4.81. The van der Waals surface area contributed by atoms with Crippen molar-refractivity contribution in [1.29, 1.82) is 0 Å². The highest BCUT2D eigenvalue weighted by Crippen LogP contribution is 2.31. The molecule has 0 radical (unpaired) electrons. The van der Waals surface area contributed by atoms with Gasteiger partial charge in [0.25, 0.3) is 0 Å². The molecule has 1 saturated heterocycles. The van der Waals surface area contributed by atoms with Crippen LogP contribution in [0.5, 0.6) is 0 Å². The number of benzene rings is 1. The van der Waals surface area contributed by atoms with Gasteiger partial charge in [0.05, 0.1) is 16.7 Å². The van der Waals surface area contributed by atoms with Gasteiger partial charge in [-0.2, -0.15) is 0 Å². The van der Waals surface area contributed by atoms with Gasteiger partial charge in [-0.25, -0.2) is 19.9 Å². The van der Waals surface area contributed by atoms with Crippen molar-refractivity contribution in [3.63, 3.8) is 0 Å². The standard InChI is InChI=1S/C28H32N8O/c1-18(2)23-15-24(31-17-30-23)21-5-6-22-25(14-21)33-28(32-22)34-26-13-19(7-8-29-26)16-35-9-11-36(12-10-35)27(37)20-3-4-20/h5-8,13-15,17-18,20H,3-4,9-12,16H2,1-2H3,(H2,29,32,33,34). The molecule has 2 fully saturated rings. The van der Waals surface area contributed by atoms with E-state index in [1.165, 1.54) is 5.56 Å². The molecule has 0 atom stereocenters. The van der Waals surface area contributed by atoms with Crippen LogP contribution in [0.3, 0.4) is 0 Å². The number of nitrogens with one attached hydrogen (secondary N) is 2. The molecule has 9 nitrogen and oxygen atoms in total. The number of carbonyl (C=O) groups excluding carboxylic acids is 1. The normalized spacial score (nSPS) is 16.5. The average Bonchev–Trinajstić information content (AvgIpc) is 3.68. The summed E-state index contributed by atoms with van der Waals surface area (Å²) < 4.78 is 0. The number of pyridine rings is 1. The molecule has 9 heteroatoms. The van der Waals surface area contributed by atoms with Gasteiger partial charge in [0.15, 0.2) is 0 Å². The largest absolute Gasteiger partial charge is 0.340 e. The van der Waals surface area contributed by atoms with Gasteiger partial charge >= 0.3 is 0 Å². The lowest BCUT2D eigenvalue weighted by molar-refractivity contribution is -0.134. The molecular weight excluding hydrogens is 464 g/mol. The van der Waals surface area contributed by atoms with Gasteiger partial charge in [-0.1, -0.05) is 19.9 Å². The van der Waals surface area contributed by atoms with Crippen LogP contribution in [-0.4, -0.2) is 66.8 Å². The predicted molar refractivity (Wildman–Crippen MR) is 143 cm³/mol. The Bertz CT molecular complexity index is 1420. The van der Waals surface area contributed by atoms with Crippen molar-refractivity contribution in [3.05, 3.63) is 60.2 Å². The molecule has 0 bridgehead atoms. The summed E-state index contributed by atoms with van der Waals surface area (Å²) in [5, 5.41) is 3.32. The maximum Gasteiger partial charge on any atom is 0.225 e. The van der Waals surface area contributed by atoms with E-state index in [1.807, 2.05) is 35.4 Å². The number of rotatable bonds is 7. The van der Waals surface area contributed by atoms with E-state index in [4.69, 9.17) is 4.98 Å². The van der Waals surface area contributed by atoms with Crippen LogP contribution in [-0.2, 0) is 11.3 Å². The summed E-state index contributed by atoms with van der Waals surface area (Å²) in [6.45, 7) is 8.54. The zero-order chi connectivity index (χ0) is 25.4. The van der Waals surface area contributed by atoms with Gasteiger partial charge in [-0.05, 0) is 54.7 Å². The number of piperazine rings is 1. The summed E-state index contributed by atoms with van der Waals surface area (Å²) in [6, 6.07) is 12.3. The molecule has 4 aromatic rings. The number of fused-ring (bicyclic) bond motifs is 1. The second-order valence-electron chi connectivity index (χ2n) is 10.4. The number of nitrogens with zero attached hydrogens (tertiary/aromatic N) is 6. The average molecular weight is 497 g/mol. The minimum atomic E-state index is 0.301. The Morgan fingerprint density at radius 2 is 1.89 bits per heavy atom. The van der Waals surface area contributed by atoms with Gasteiger partial charge in [0.2, 0.25) is 11.9 Å². The van der Waals surface area contributed by atoms with Crippen molar-refractivity contribution in [2.75, 3.05) is 31.5 Å². The monoisotopic (exact) mass is 496 g/mol. The molecule has 4 heterocycles. The number of aromatic amines is 1. The van der Waals surface area contributed by atoms with E-state index in [-0.39, 0.29) is 0 Å². The molecule has 2 N–H and O–H groups in total. The molecule has 3 aromatic heterocycles. The van der Waals surface area contributed by atoms with Crippen LogP contribution in [0, 0.1) is 5.92 Å². The van der Waals surface area contributed by atoms with Crippen molar-refractivity contribution in [1.82, 2.24) is 34.7 Å².